The minimum atomic E-state index is -0.514. The molecule has 306 valence electrons. The monoisotopic (exact) mass is 846 g/mol. The number of anilines is 6. The van der Waals surface area contributed by atoms with E-state index in [0.717, 1.165) is 11.4 Å². The number of benzene rings is 10. The highest BCUT2D eigenvalue weighted by Gasteiger charge is 2.48. The van der Waals surface area contributed by atoms with E-state index in [1.165, 1.54) is 87.4 Å². The van der Waals surface area contributed by atoms with E-state index in [0.29, 0.717) is 0 Å². The lowest BCUT2D eigenvalue weighted by Gasteiger charge is -2.46. The molecule has 1 aromatic heterocycles. The van der Waals surface area contributed by atoms with Gasteiger partial charge in [0.05, 0.1) is 33.6 Å². The Hall–Kier alpha value is -7.98. The van der Waals surface area contributed by atoms with Crippen LogP contribution >= 0.6 is 11.3 Å². The van der Waals surface area contributed by atoms with E-state index in [2.05, 4.69) is 265 Å². The summed E-state index contributed by atoms with van der Waals surface area (Å²) < 4.78 is 2.54. The van der Waals surface area contributed by atoms with Crippen molar-refractivity contribution in [2.75, 3.05) is 9.80 Å². The number of para-hydroxylation sites is 4. The molecule has 0 saturated heterocycles. The third kappa shape index (κ3) is 5.40. The van der Waals surface area contributed by atoms with Crippen LogP contribution in [-0.2, 0) is 10.8 Å². The maximum absolute atomic E-state index is 2.49. The zero-order valence-electron chi connectivity index (χ0n) is 35.6. The Morgan fingerprint density at radius 3 is 0.815 bits per heavy atom. The molecule has 11 aromatic rings. The van der Waals surface area contributed by atoms with Gasteiger partial charge in [0.2, 0.25) is 0 Å². The number of rotatable bonds is 6. The zero-order chi connectivity index (χ0) is 43.0. The highest BCUT2D eigenvalue weighted by atomic mass is 32.1. The summed E-state index contributed by atoms with van der Waals surface area (Å²) in [5.41, 5.74) is 16.0. The summed E-state index contributed by atoms with van der Waals surface area (Å²) in [6, 6.07) is 94.4. The standard InChI is InChI=1S/C62H42N2S/c1-5-21-43(22-6-1)61(44-23-7-2-8-24-44)51-29-13-17-33-55(51)63(56-34-18-14-30-52(56)61)47-37-39-59-49(41-47)50-42-48(38-40-60(50)65-59)64-57-35-19-15-31-53(57)62(45-25-9-3-10-26-45,46-27-11-4-12-28-46)54-32-16-20-36-58(54)64/h1-42H. The number of hydrogen-bond acceptors (Lipinski definition) is 3. The molecule has 0 spiro atoms. The summed E-state index contributed by atoms with van der Waals surface area (Å²) in [5, 5.41) is 2.51. The molecule has 0 bridgehead atoms. The molecule has 0 atom stereocenters. The van der Waals surface area contributed by atoms with Crippen LogP contribution in [0.1, 0.15) is 44.5 Å². The summed E-state index contributed by atoms with van der Waals surface area (Å²) in [6.45, 7) is 0. The quantitative estimate of drug-likeness (QED) is 0.164. The minimum absolute atomic E-state index is 0.514. The fourth-order valence-electron chi connectivity index (χ4n) is 11.4. The molecular weight excluding hydrogens is 805 g/mol. The van der Waals surface area contributed by atoms with Crippen molar-refractivity contribution < 1.29 is 0 Å². The maximum atomic E-state index is 2.49. The molecule has 2 nitrogen and oxygen atoms in total. The van der Waals surface area contributed by atoms with Gasteiger partial charge in [0.25, 0.3) is 0 Å². The first-order valence-electron chi connectivity index (χ1n) is 22.4. The summed E-state index contributed by atoms with van der Waals surface area (Å²) in [7, 11) is 0. The predicted molar refractivity (Wildman–Crippen MR) is 272 cm³/mol. The minimum Gasteiger partial charge on any atom is -0.310 e. The van der Waals surface area contributed by atoms with Crippen molar-refractivity contribution in [2.45, 2.75) is 10.8 Å². The largest absolute Gasteiger partial charge is 0.310 e. The molecule has 2 aliphatic heterocycles. The normalized spacial score (nSPS) is 14.3. The molecule has 0 unspecified atom stereocenters. The SMILES string of the molecule is c1ccc(C2(c3ccccc3)c3ccccc3N(c3ccc4sc5ccc(N6c7ccccc7C(c7ccccc7)(c7ccccc7)c7ccccc76)cc5c4c3)c3ccccc32)cc1. The smallest absolute Gasteiger partial charge is 0.0742 e. The van der Waals surface area contributed by atoms with Gasteiger partial charge in [0.15, 0.2) is 0 Å². The molecule has 2 aliphatic rings. The van der Waals surface area contributed by atoms with Crippen LogP contribution in [0.25, 0.3) is 20.2 Å². The van der Waals surface area contributed by atoms with E-state index < -0.39 is 10.8 Å². The average Bonchev–Trinajstić information content (AvgIpc) is 3.75. The Bertz CT molecular complexity index is 3150. The van der Waals surface area contributed by atoms with Crippen molar-refractivity contribution in [3.05, 3.63) is 299 Å². The maximum Gasteiger partial charge on any atom is 0.0742 e. The third-order valence-electron chi connectivity index (χ3n) is 14.0. The number of nitrogens with zero attached hydrogens (tertiary/aromatic N) is 2. The fraction of sp³-hybridized carbons (Fsp3) is 0.0323. The van der Waals surface area contributed by atoms with E-state index in [1.807, 2.05) is 11.3 Å². The lowest BCUT2D eigenvalue weighted by atomic mass is 9.62. The van der Waals surface area contributed by atoms with E-state index in [4.69, 9.17) is 0 Å². The average molecular weight is 847 g/mol. The van der Waals surface area contributed by atoms with Crippen molar-refractivity contribution in [2.24, 2.45) is 0 Å². The number of fused-ring (bicyclic) bond motifs is 7. The molecular formula is C62H42N2S. The second-order valence-corrected chi connectivity index (χ2v) is 18.3. The van der Waals surface area contributed by atoms with E-state index in [1.54, 1.807) is 0 Å². The molecule has 10 aromatic carbocycles. The lowest BCUT2D eigenvalue weighted by molar-refractivity contribution is 0.731. The van der Waals surface area contributed by atoms with Gasteiger partial charge in [-0.2, -0.15) is 0 Å². The number of thiophene rings is 1. The Labute approximate surface area is 383 Å². The fourth-order valence-corrected chi connectivity index (χ4v) is 12.5. The molecule has 0 aliphatic carbocycles. The molecule has 65 heavy (non-hydrogen) atoms. The summed E-state index contributed by atoms with van der Waals surface area (Å²) >= 11 is 1.87. The van der Waals surface area contributed by atoms with Crippen LogP contribution in [0.4, 0.5) is 34.1 Å². The molecule has 0 N–H and O–H groups in total. The first-order valence-corrected chi connectivity index (χ1v) is 23.2. The van der Waals surface area contributed by atoms with Crippen molar-refractivity contribution in [3.8, 4) is 0 Å². The zero-order valence-corrected chi connectivity index (χ0v) is 36.4. The van der Waals surface area contributed by atoms with Crippen LogP contribution in [0, 0.1) is 0 Å². The van der Waals surface area contributed by atoms with Crippen LogP contribution in [0.5, 0.6) is 0 Å². The first kappa shape index (κ1) is 37.6. The van der Waals surface area contributed by atoms with Gasteiger partial charge in [-0.15, -0.1) is 11.3 Å². The molecule has 0 radical (unpaired) electrons. The van der Waals surface area contributed by atoms with Crippen LogP contribution in [0.3, 0.4) is 0 Å². The summed E-state index contributed by atoms with van der Waals surface area (Å²) in [6.07, 6.45) is 0. The van der Waals surface area contributed by atoms with Crippen molar-refractivity contribution in [1.82, 2.24) is 0 Å². The van der Waals surface area contributed by atoms with Gasteiger partial charge in [0.1, 0.15) is 0 Å². The van der Waals surface area contributed by atoms with Gasteiger partial charge in [-0.3, -0.25) is 0 Å². The molecule has 0 fully saturated rings. The van der Waals surface area contributed by atoms with Gasteiger partial charge >= 0.3 is 0 Å². The number of hydrogen-bond donors (Lipinski definition) is 0. The van der Waals surface area contributed by atoms with Crippen LogP contribution in [0.2, 0.25) is 0 Å². The second-order valence-electron chi connectivity index (χ2n) is 17.2. The van der Waals surface area contributed by atoms with Crippen molar-refractivity contribution in [3.63, 3.8) is 0 Å². The third-order valence-corrected chi connectivity index (χ3v) is 15.1. The lowest BCUT2D eigenvalue weighted by Crippen LogP contribution is -2.37. The van der Waals surface area contributed by atoms with E-state index in [9.17, 15) is 0 Å². The Morgan fingerprint density at radius 1 is 0.262 bits per heavy atom. The van der Waals surface area contributed by atoms with Crippen LogP contribution in [-0.4, -0.2) is 0 Å². The Morgan fingerprint density at radius 2 is 0.523 bits per heavy atom. The van der Waals surface area contributed by atoms with Crippen LogP contribution < -0.4 is 9.80 Å². The van der Waals surface area contributed by atoms with Gasteiger partial charge in [0, 0.05) is 31.5 Å². The first-order chi connectivity index (χ1) is 32.3. The molecule has 0 saturated carbocycles. The molecule has 0 amide bonds. The van der Waals surface area contributed by atoms with Gasteiger partial charge in [-0.1, -0.05) is 194 Å². The van der Waals surface area contributed by atoms with E-state index in [-0.39, 0.29) is 0 Å². The van der Waals surface area contributed by atoms with Crippen molar-refractivity contribution in [1.29, 1.82) is 0 Å². The van der Waals surface area contributed by atoms with E-state index >= 15 is 0 Å². The van der Waals surface area contributed by atoms with Crippen molar-refractivity contribution >= 4 is 65.6 Å². The predicted octanol–water partition coefficient (Wildman–Crippen LogP) is 16.4. The summed E-state index contributed by atoms with van der Waals surface area (Å²) in [4.78, 5) is 4.98. The highest BCUT2D eigenvalue weighted by molar-refractivity contribution is 7.25. The van der Waals surface area contributed by atoms with Crippen LogP contribution in [0.15, 0.2) is 255 Å². The molecule has 3 heteroatoms. The van der Waals surface area contributed by atoms with Gasteiger partial charge in [-0.25, -0.2) is 0 Å². The highest BCUT2D eigenvalue weighted by Crippen LogP contribution is 2.60. The van der Waals surface area contributed by atoms with Gasteiger partial charge < -0.3 is 9.80 Å². The summed E-state index contributed by atoms with van der Waals surface area (Å²) in [5.74, 6) is 0. The Balaban J connectivity index is 1.01. The Kier molecular flexibility index (Phi) is 8.56. The van der Waals surface area contributed by atoms with Gasteiger partial charge in [-0.05, 0) is 105 Å². The second kappa shape index (κ2) is 14.8. The molecule has 13 rings (SSSR count). The molecule has 3 heterocycles. The topological polar surface area (TPSA) is 6.48 Å².